The number of halogens is 3. The van der Waals surface area contributed by atoms with Crippen molar-refractivity contribution in [1.82, 2.24) is 9.36 Å². The lowest BCUT2D eigenvalue weighted by Crippen LogP contribution is -2.30. The molecule has 0 saturated heterocycles. The summed E-state index contributed by atoms with van der Waals surface area (Å²) in [5.74, 6) is -2.69. The number of aliphatic hydroxyl groups is 1. The Morgan fingerprint density at radius 3 is 2.64 bits per heavy atom. The van der Waals surface area contributed by atoms with Gasteiger partial charge in [-0.15, -0.1) is 0 Å². The summed E-state index contributed by atoms with van der Waals surface area (Å²) in [6, 6.07) is 8.65. The third-order valence-corrected chi connectivity index (χ3v) is 7.88. The molecule has 0 radical (unpaired) electrons. The van der Waals surface area contributed by atoms with E-state index in [1.165, 1.54) is 0 Å². The van der Waals surface area contributed by atoms with Gasteiger partial charge in [0.1, 0.15) is 17.0 Å². The first-order valence-electron chi connectivity index (χ1n) is 10.1. The lowest BCUT2D eigenvalue weighted by Gasteiger charge is -2.34. The second kappa shape index (κ2) is 9.88. The van der Waals surface area contributed by atoms with E-state index in [2.05, 4.69) is 14.1 Å². The van der Waals surface area contributed by atoms with Crippen LogP contribution in [-0.4, -0.2) is 35.6 Å². The molecule has 33 heavy (non-hydrogen) atoms. The summed E-state index contributed by atoms with van der Waals surface area (Å²) in [6.07, 6.45) is 2.40. The van der Waals surface area contributed by atoms with Crippen molar-refractivity contribution >= 4 is 38.3 Å². The summed E-state index contributed by atoms with van der Waals surface area (Å²) in [6.45, 7) is 0.0237. The summed E-state index contributed by atoms with van der Waals surface area (Å²) < 4.78 is 65.3. The monoisotopic (exact) mass is 515 g/mol. The minimum Gasteiger partial charge on any atom is -0.490 e. The molecule has 12 heteroatoms. The summed E-state index contributed by atoms with van der Waals surface area (Å²) >= 11 is 6.73. The Kier molecular flexibility index (Phi) is 7.13. The van der Waals surface area contributed by atoms with E-state index in [1.807, 2.05) is 12.1 Å². The molecule has 1 aliphatic carbocycles. The Morgan fingerprint density at radius 2 is 1.94 bits per heavy atom. The molecule has 0 amide bonds. The second-order valence-electron chi connectivity index (χ2n) is 7.76. The number of ether oxygens (including phenoxy) is 1. The van der Waals surface area contributed by atoms with Gasteiger partial charge in [-0.2, -0.15) is 4.37 Å². The summed E-state index contributed by atoms with van der Waals surface area (Å²) in [7, 11) is -4.40. The van der Waals surface area contributed by atoms with Crippen molar-refractivity contribution in [3.05, 3.63) is 64.9 Å². The molecule has 1 aliphatic rings. The van der Waals surface area contributed by atoms with E-state index in [9.17, 15) is 22.3 Å². The maximum Gasteiger partial charge on any atom is 0.266 e. The molecule has 1 heterocycles. The predicted octanol–water partition coefficient (Wildman–Crippen LogP) is 4.59. The molecule has 2 aromatic carbocycles. The Balaban J connectivity index is 1.51. The molecular formula is C21H20ClF2N3O4S2. The van der Waals surface area contributed by atoms with Gasteiger partial charge < -0.3 is 9.84 Å². The van der Waals surface area contributed by atoms with Gasteiger partial charge in [0, 0.05) is 34.6 Å². The highest BCUT2D eigenvalue weighted by atomic mass is 35.5. The SMILES string of the molecule is O=S(=O)(Nc1ncns1)c1cc(F)c(OCC2C[C@@H](O)CCC2c2ccc(Cl)cc2)cc1F. The van der Waals surface area contributed by atoms with E-state index >= 15 is 0 Å². The molecule has 2 unspecified atom stereocenters. The minimum atomic E-state index is -4.40. The number of aromatic nitrogens is 2. The third-order valence-electron chi connectivity index (χ3n) is 5.56. The first-order chi connectivity index (χ1) is 15.7. The maximum atomic E-state index is 14.7. The summed E-state index contributed by atoms with van der Waals surface area (Å²) in [4.78, 5) is 2.80. The van der Waals surface area contributed by atoms with Crippen molar-refractivity contribution in [2.75, 3.05) is 11.3 Å². The van der Waals surface area contributed by atoms with Gasteiger partial charge in [-0.05, 0) is 42.9 Å². The zero-order chi connectivity index (χ0) is 23.6. The normalized spacial score (nSPS) is 21.0. The van der Waals surface area contributed by atoms with Crippen LogP contribution in [-0.2, 0) is 10.0 Å². The van der Waals surface area contributed by atoms with Crippen LogP contribution < -0.4 is 9.46 Å². The quantitative estimate of drug-likeness (QED) is 0.477. The fourth-order valence-corrected chi connectivity index (χ4v) is 5.84. The first kappa shape index (κ1) is 23.8. The van der Waals surface area contributed by atoms with Crippen LogP contribution in [0.4, 0.5) is 13.9 Å². The fraction of sp³-hybridized carbons (Fsp3) is 0.333. The van der Waals surface area contributed by atoms with Crippen LogP contribution in [0, 0.1) is 17.6 Å². The lowest BCUT2D eigenvalue weighted by molar-refractivity contribution is 0.0670. The Labute approximate surface area is 198 Å². The lowest BCUT2D eigenvalue weighted by atomic mass is 9.75. The van der Waals surface area contributed by atoms with Crippen LogP contribution in [0.3, 0.4) is 0 Å². The zero-order valence-electron chi connectivity index (χ0n) is 17.1. The molecule has 1 saturated carbocycles. The van der Waals surface area contributed by atoms with E-state index in [4.69, 9.17) is 16.3 Å². The van der Waals surface area contributed by atoms with Crippen molar-refractivity contribution < 1.29 is 27.0 Å². The number of aliphatic hydroxyl groups excluding tert-OH is 1. The average Bonchev–Trinajstić information content (AvgIpc) is 3.27. The van der Waals surface area contributed by atoms with Crippen LogP contribution in [0.15, 0.2) is 47.6 Å². The van der Waals surface area contributed by atoms with Gasteiger partial charge in [-0.3, -0.25) is 4.72 Å². The van der Waals surface area contributed by atoms with E-state index in [1.54, 1.807) is 12.1 Å². The van der Waals surface area contributed by atoms with Gasteiger partial charge in [0.2, 0.25) is 5.13 Å². The number of sulfonamides is 1. The van der Waals surface area contributed by atoms with Crippen molar-refractivity contribution in [3.63, 3.8) is 0 Å². The van der Waals surface area contributed by atoms with Gasteiger partial charge in [-0.25, -0.2) is 22.2 Å². The molecule has 3 atom stereocenters. The molecule has 176 valence electrons. The van der Waals surface area contributed by atoms with Crippen LogP contribution in [0.2, 0.25) is 5.02 Å². The number of nitrogens with one attached hydrogen (secondary N) is 1. The van der Waals surface area contributed by atoms with E-state index in [0.29, 0.717) is 36.4 Å². The first-order valence-corrected chi connectivity index (χ1v) is 12.7. The van der Waals surface area contributed by atoms with Gasteiger partial charge >= 0.3 is 0 Å². The molecule has 1 aromatic heterocycles. The van der Waals surface area contributed by atoms with Gasteiger partial charge in [0.05, 0.1) is 12.7 Å². The number of anilines is 1. The summed E-state index contributed by atoms with van der Waals surface area (Å²) in [5, 5.41) is 10.7. The largest absolute Gasteiger partial charge is 0.490 e. The standard InChI is InChI=1S/C21H20ClF2N3O4S2/c22-14-3-1-12(2-4-14)16-6-5-15(28)7-13(16)10-31-19-8-18(24)20(9-17(19)23)33(29,30)27-21-25-11-26-32-21/h1-4,8-9,11,13,15-16,28H,5-7,10H2,(H,25,26,27)/t13?,15-,16?/m0/s1. The van der Waals surface area contributed by atoms with Gasteiger partial charge in [0.15, 0.2) is 11.6 Å². The number of rotatable bonds is 7. The van der Waals surface area contributed by atoms with Gasteiger partial charge in [-0.1, -0.05) is 23.7 Å². The van der Waals surface area contributed by atoms with Crippen molar-refractivity contribution in [2.45, 2.75) is 36.2 Å². The maximum absolute atomic E-state index is 14.7. The molecule has 3 aromatic rings. The number of hydrogen-bond acceptors (Lipinski definition) is 7. The Bertz CT molecular complexity index is 1210. The number of benzene rings is 2. The fourth-order valence-electron chi connectivity index (χ4n) is 3.98. The predicted molar refractivity (Wildman–Crippen MR) is 120 cm³/mol. The van der Waals surface area contributed by atoms with E-state index < -0.39 is 38.4 Å². The number of nitrogens with zero attached hydrogens (tertiary/aromatic N) is 2. The Morgan fingerprint density at radius 1 is 1.18 bits per heavy atom. The van der Waals surface area contributed by atoms with Crippen LogP contribution >= 0.6 is 23.1 Å². The van der Waals surface area contributed by atoms with Crippen LogP contribution in [0.1, 0.15) is 30.7 Å². The third kappa shape index (κ3) is 5.60. The van der Waals surface area contributed by atoms with Crippen LogP contribution in [0.25, 0.3) is 0 Å². The number of hydrogen-bond donors (Lipinski definition) is 2. The molecule has 0 aliphatic heterocycles. The summed E-state index contributed by atoms with van der Waals surface area (Å²) in [5.41, 5.74) is 1.02. The molecular weight excluding hydrogens is 496 g/mol. The highest BCUT2D eigenvalue weighted by Gasteiger charge is 2.32. The van der Waals surface area contributed by atoms with E-state index in [-0.39, 0.29) is 23.6 Å². The topological polar surface area (TPSA) is 101 Å². The minimum absolute atomic E-state index is 0.0237. The molecule has 4 rings (SSSR count). The molecule has 7 nitrogen and oxygen atoms in total. The average molecular weight is 516 g/mol. The second-order valence-corrected chi connectivity index (χ2v) is 10.6. The molecule has 1 fully saturated rings. The van der Waals surface area contributed by atoms with Crippen molar-refractivity contribution in [3.8, 4) is 5.75 Å². The smallest absolute Gasteiger partial charge is 0.266 e. The molecule has 0 spiro atoms. The highest BCUT2D eigenvalue weighted by molar-refractivity contribution is 7.93. The van der Waals surface area contributed by atoms with Crippen LogP contribution in [0.5, 0.6) is 5.75 Å². The Hall–Kier alpha value is -2.34. The van der Waals surface area contributed by atoms with E-state index in [0.717, 1.165) is 23.4 Å². The van der Waals surface area contributed by atoms with Gasteiger partial charge in [0.25, 0.3) is 10.0 Å². The van der Waals surface area contributed by atoms with Crippen molar-refractivity contribution in [1.29, 1.82) is 0 Å². The molecule has 2 N–H and O–H groups in total. The van der Waals surface area contributed by atoms with Crippen molar-refractivity contribution in [2.24, 2.45) is 5.92 Å². The molecule has 0 bridgehead atoms. The zero-order valence-corrected chi connectivity index (χ0v) is 19.5. The highest BCUT2D eigenvalue weighted by Crippen LogP contribution is 2.39.